The van der Waals surface area contributed by atoms with Crippen LogP contribution in [0.4, 0.5) is 28.4 Å². The molecule has 7 heteroatoms. The zero-order valence-corrected chi connectivity index (χ0v) is 28.6. The summed E-state index contributed by atoms with van der Waals surface area (Å²) >= 11 is 6.47. The van der Waals surface area contributed by atoms with E-state index in [0.29, 0.717) is 23.1 Å². The number of halogens is 1. The number of benzene rings is 3. The summed E-state index contributed by atoms with van der Waals surface area (Å²) in [6, 6.07) is 21.2. The van der Waals surface area contributed by atoms with Crippen molar-refractivity contribution in [3.63, 3.8) is 0 Å². The van der Waals surface area contributed by atoms with E-state index in [2.05, 4.69) is 58.3 Å². The summed E-state index contributed by atoms with van der Waals surface area (Å²) < 4.78 is 5.93. The molecule has 0 heterocycles. The van der Waals surface area contributed by atoms with Gasteiger partial charge in [-0.05, 0) is 87.0 Å². The molecule has 0 aliphatic heterocycles. The second-order valence-corrected chi connectivity index (χ2v) is 12.1. The third-order valence-corrected chi connectivity index (χ3v) is 8.36. The quantitative estimate of drug-likeness (QED) is 0.0771. The van der Waals surface area contributed by atoms with Crippen molar-refractivity contribution in [3.8, 4) is 5.75 Å². The van der Waals surface area contributed by atoms with Gasteiger partial charge in [-0.15, -0.1) is 0 Å². The Hall–Kier alpha value is -3.25. The van der Waals surface area contributed by atoms with Gasteiger partial charge in [-0.3, -0.25) is 0 Å². The highest BCUT2D eigenvalue weighted by molar-refractivity contribution is 6.32. The van der Waals surface area contributed by atoms with Gasteiger partial charge in [0.05, 0.1) is 34.4 Å². The molecule has 0 aliphatic rings. The minimum atomic E-state index is 0.553. The van der Waals surface area contributed by atoms with Crippen LogP contribution in [-0.2, 0) is 0 Å². The van der Waals surface area contributed by atoms with Gasteiger partial charge in [0.15, 0.2) is 0 Å². The predicted octanol–water partition coefficient (Wildman–Crippen LogP) is 13.9. The zero-order valence-electron chi connectivity index (χ0n) is 27.9. The Morgan fingerprint density at radius 3 is 1.36 bits per heavy atom. The van der Waals surface area contributed by atoms with Crippen molar-refractivity contribution >= 4 is 40.0 Å². The van der Waals surface area contributed by atoms with Gasteiger partial charge in [-0.2, -0.15) is 20.5 Å². The molecule has 3 rings (SSSR count). The minimum Gasteiger partial charge on any atom is -0.492 e. The van der Waals surface area contributed by atoms with E-state index in [9.17, 15) is 0 Å². The highest BCUT2D eigenvalue weighted by atomic mass is 35.5. The lowest BCUT2D eigenvalue weighted by atomic mass is 10.0. The normalized spacial score (nSPS) is 11.6. The maximum atomic E-state index is 6.47. The fourth-order valence-electron chi connectivity index (χ4n) is 5.28. The highest BCUT2D eigenvalue weighted by Crippen LogP contribution is 2.31. The molecular formula is C38H54ClN5O. The molecule has 0 spiro atoms. The number of nitrogens with zero attached hydrogens (tertiary/aromatic N) is 5. The van der Waals surface area contributed by atoms with E-state index in [-0.39, 0.29) is 0 Å². The molecule has 0 amide bonds. The molecule has 0 fully saturated rings. The molecule has 45 heavy (non-hydrogen) atoms. The van der Waals surface area contributed by atoms with Crippen LogP contribution in [0.25, 0.3) is 0 Å². The number of anilines is 1. The molecule has 244 valence electrons. The number of azo groups is 2. The van der Waals surface area contributed by atoms with Crippen LogP contribution in [0.2, 0.25) is 5.02 Å². The smallest absolute Gasteiger partial charge is 0.138 e. The molecule has 3 aromatic carbocycles. The summed E-state index contributed by atoms with van der Waals surface area (Å²) in [5.41, 5.74) is 4.17. The summed E-state index contributed by atoms with van der Waals surface area (Å²) in [6.07, 6.45) is 18.8. The maximum absolute atomic E-state index is 6.47. The van der Waals surface area contributed by atoms with Crippen LogP contribution in [0.15, 0.2) is 87.2 Å². The van der Waals surface area contributed by atoms with E-state index in [1.807, 2.05) is 48.5 Å². The van der Waals surface area contributed by atoms with Crippen molar-refractivity contribution in [1.29, 1.82) is 0 Å². The monoisotopic (exact) mass is 631 g/mol. The summed E-state index contributed by atoms with van der Waals surface area (Å²) in [4.78, 5) is 2.30. The molecule has 0 saturated carbocycles. The Morgan fingerprint density at radius 2 is 0.911 bits per heavy atom. The van der Waals surface area contributed by atoms with Gasteiger partial charge in [0.2, 0.25) is 0 Å². The predicted molar refractivity (Wildman–Crippen MR) is 192 cm³/mol. The van der Waals surface area contributed by atoms with Crippen molar-refractivity contribution in [2.45, 2.75) is 111 Å². The van der Waals surface area contributed by atoms with Crippen LogP contribution in [0.1, 0.15) is 111 Å². The van der Waals surface area contributed by atoms with E-state index < -0.39 is 0 Å². The lowest BCUT2D eigenvalue weighted by molar-refractivity contribution is 0.304. The molecule has 0 aliphatic carbocycles. The van der Waals surface area contributed by atoms with Crippen molar-refractivity contribution < 1.29 is 4.74 Å². The first-order valence-electron chi connectivity index (χ1n) is 17.3. The Labute approximate surface area is 277 Å². The van der Waals surface area contributed by atoms with Gasteiger partial charge >= 0.3 is 0 Å². The lowest BCUT2D eigenvalue weighted by Crippen LogP contribution is -2.21. The molecule has 0 aromatic heterocycles. The molecule has 0 radical (unpaired) electrons. The number of unbranched alkanes of at least 4 members (excludes halogenated alkanes) is 13. The van der Waals surface area contributed by atoms with E-state index in [1.165, 1.54) is 89.2 Å². The molecule has 3 aromatic rings. The van der Waals surface area contributed by atoms with Crippen LogP contribution in [0, 0.1) is 0 Å². The first kappa shape index (κ1) is 36.2. The third kappa shape index (κ3) is 14.6. The Kier molecular flexibility index (Phi) is 17.9. The molecule has 0 bridgehead atoms. The second-order valence-electron chi connectivity index (χ2n) is 11.7. The van der Waals surface area contributed by atoms with Gasteiger partial charge in [0.1, 0.15) is 5.75 Å². The second kappa shape index (κ2) is 22.3. The number of rotatable bonds is 23. The first-order chi connectivity index (χ1) is 22.1. The van der Waals surface area contributed by atoms with Gasteiger partial charge in [0.25, 0.3) is 0 Å². The summed E-state index contributed by atoms with van der Waals surface area (Å²) in [5, 5.41) is 17.9. The van der Waals surface area contributed by atoms with Gasteiger partial charge in [-0.1, -0.05) is 102 Å². The van der Waals surface area contributed by atoms with Crippen LogP contribution in [-0.4, -0.2) is 19.7 Å². The zero-order chi connectivity index (χ0) is 32.0. The molecule has 0 N–H and O–H groups in total. The minimum absolute atomic E-state index is 0.553. The average Bonchev–Trinajstić information content (AvgIpc) is 3.07. The fourth-order valence-corrected chi connectivity index (χ4v) is 5.51. The largest absolute Gasteiger partial charge is 0.492 e. The molecule has 0 saturated heterocycles. The molecule has 6 nitrogen and oxygen atoms in total. The summed E-state index contributed by atoms with van der Waals surface area (Å²) in [6.45, 7) is 9.24. The Balaban J connectivity index is 1.30. The average molecular weight is 632 g/mol. The highest BCUT2D eigenvalue weighted by Gasteiger charge is 2.04. The summed E-state index contributed by atoms with van der Waals surface area (Å²) in [7, 11) is 0. The summed E-state index contributed by atoms with van der Waals surface area (Å²) in [5.74, 6) is 0.697. The maximum Gasteiger partial charge on any atom is 0.138 e. The van der Waals surface area contributed by atoms with E-state index in [0.717, 1.165) is 36.6 Å². The number of ether oxygens (including phenoxy) is 1. The number of hydrogen-bond acceptors (Lipinski definition) is 6. The van der Waals surface area contributed by atoms with Crippen LogP contribution in [0.5, 0.6) is 5.75 Å². The topological polar surface area (TPSA) is 61.9 Å². The van der Waals surface area contributed by atoms with E-state index in [4.69, 9.17) is 16.3 Å². The van der Waals surface area contributed by atoms with Gasteiger partial charge < -0.3 is 9.64 Å². The Morgan fingerprint density at radius 1 is 0.511 bits per heavy atom. The van der Waals surface area contributed by atoms with Crippen LogP contribution in [0.3, 0.4) is 0 Å². The third-order valence-electron chi connectivity index (χ3n) is 8.06. The van der Waals surface area contributed by atoms with E-state index >= 15 is 0 Å². The van der Waals surface area contributed by atoms with E-state index in [1.54, 1.807) is 6.07 Å². The molecular weight excluding hydrogens is 578 g/mol. The Bertz CT molecular complexity index is 1260. The SMILES string of the molecule is CCCCCCCCCCCCCCCCOc1ccc(N=Nc2ccc(N=Nc3ccc(N(CC)CC)cc3)cc2)cc1Cl. The fraction of sp³-hybridized carbons (Fsp3) is 0.526. The van der Waals surface area contributed by atoms with Gasteiger partial charge in [-0.25, -0.2) is 0 Å². The van der Waals surface area contributed by atoms with Crippen molar-refractivity contribution in [2.75, 3.05) is 24.6 Å². The standard InChI is InChI=1S/C38H54ClN5O/c1-4-7-8-9-10-11-12-13-14-15-16-17-18-19-30-45-38-29-26-35(31-37(38)39)43-42-33-22-20-32(21-23-33)40-41-34-24-27-36(28-25-34)44(5-2)6-3/h20-29,31H,4-19,30H2,1-3H3. The first-order valence-corrected chi connectivity index (χ1v) is 17.7. The van der Waals surface area contributed by atoms with Crippen molar-refractivity contribution in [2.24, 2.45) is 20.5 Å². The van der Waals surface area contributed by atoms with Crippen molar-refractivity contribution in [3.05, 3.63) is 71.8 Å². The van der Waals surface area contributed by atoms with Crippen molar-refractivity contribution in [1.82, 2.24) is 0 Å². The molecule has 0 unspecified atom stereocenters. The lowest BCUT2D eigenvalue weighted by Gasteiger charge is -2.20. The van der Waals surface area contributed by atoms with Crippen LogP contribution >= 0.6 is 11.6 Å². The number of hydrogen-bond donors (Lipinski definition) is 0. The van der Waals surface area contributed by atoms with Gasteiger partial charge in [0, 0.05) is 18.8 Å². The molecule has 0 atom stereocenters. The van der Waals surface area contributed by atoms with Crippen LogP contribution < -0.4 is 9.64 Å².